The van der Waals surface area contributed by atoms with Crippen LogP contribution in [0.5, 0.6) is 0 Å². The van der Waals surface area contributed by atoms with Gasteiger partial charge in [-0.3, -0.25) is 0 Å². The topological polar surface area (TPSA) is 31.0 Å². The highest BCUT2D eigenvalue weighted by atomic mass is 16.3. The number of hydrogen-bond donors (Lipinski definition) is 0. The molecule has 4 rings (SSSR count). The van der Waals surface area contributed by atoms with Crippen LogP contribution in [0, 0.1) is 5.92 Å². The maximum atomic E-state index is 5.55. The fraction of sp³-hybridized carbons (Fsp3) is 0.421. The molecule has 0 saturated heterocycles. The lowest BCUT2D eigenvalue weighted by Gasteiger charge is -2.31. The van der Waals surface area contributed by atoms with Crippen molar-refractivity contribution in [3.63, 3.8) is 0 Å². The van der Waals surface area contributed by atoms with Crippen LogP contribution in [0.2, 0.25) is 0 Å². The molecular weight excluding hydrogens is 272 g/mol. The number of para-hydroxylation sites is 2. The predicted octanol–water partition coefficient (Wildman–Crippen LogP) is 4.97. The molecule has 0 aliphatic heterocycles. The Kier molecular flexibility index (Phi) is 3.49. The summed E-state index contributed by atoms with van der Waals surface area (Å²) in [7, 11) is 0. The van der Waals surface area contributed by atoms with Gasteiger partial charge in [-0.1, -0.05) is 31.9 Å². The quantitative estimate of drug-likeness (QED) is 0.682. The number of rotatable bonds is 3. The van der Waals surface area contributed by atoms with Gasteiger partial charge in [-0.25, -0.2) is 4.98 Å². The minimum atomic E-state index is 0.561. The molecule has 0 N–H and O–H groups in total. The van der Waals surface area contributed by atoms with Crippen LogP contribution in [0.3, 0.4) is 0 Å². The number of furan rings is 1. The van der Waals surface area contributed by atoms with Crippen LogP contribution in [0.15, 0.2) is 47.1 Å². The third-order valence-corrected chi connectivity index (χ3v) is 4.98. The largest absolute Gasteiger partial charge is 0.469 e. The molecular formula is C19H22N2O. The maximum absolute atomic E-state index is 5.55. The van der Waals surface area contributed by atoms with Crippen LogP contribution >= 0.6 is 0 Å². The smallest absolute Gasteiger partial charge is 0.117 e. The molecule has 2 atom stereocenters. The lowest BCUT2D eigenvalue weighted by Crippen LogP contribution is -2.22. The summed E-state index contributed by atoms with van der Waals surface area (Å²) < 4.78 is 8.04. The summed E-state index contributed by atoms with van der Waals surface area (Å²) in [5, 5.41) is 0. The van der Waals surface area contributed by atoms with Crippen molar-refractivity contribution >= 4 is 11.0 Å². The van der Waals surface area contributed by atoms with Gasteiger partial charge >= 0.3 is 0 Å². The van der Waals surface area contributed by atoms with Crippen LogP contribution in [-0.4, -0.2) is 9.55 Å². The molecule has 22 heavy (non-hydrogen) atoms. The number of hydrogen-bond acceptors (Lipinski definition) is 2. The SMILES string of the molecule is CC1CCCCC1n1c(Cc2ccco2)nc2ccccc21. The van der Waals surface area contributed by atoms with Gasteiger partial charge in [0.2, 0.25) is 0 Å². The Morgan fingerprint density at radius 1 is 1.14 bits per heavy atom. The minimum Gasteiger partial charge on any atom is -0.469 e. The second kappa shape index (κ2) is 5.64. The molecule has 0 amide bonds. The highest BCUT2D eigenvalue weighted by Crippen LogP contribution is 2.37. The van der Waals surface area contributed by atoms with Gasteiger partial charge in [0.15, 0.2) is 0 Å². The Bertz CT molecular complexity index is 757. The van der Waals surface area contributed by atoms with Gasteiger partial charge in [0.05, 0.1) is 23.7 Å². The van der Waals surface area contributed by atoms with E-state index in [9.17, 15) is 0 Å². The lowest BCUT2D eigenvalue weighted by atomic mass is 9.85. The number of aromatic nitrogens is 2. The van der Waals surface area contributed by atoms with Crippen molar-refractivity contribution in [3.05, 3.63) is 54.2 Å². The fourth-order valence-electron chi connectivity index (χ4n) is 3.84. The molecule has 1 aliphatic rings. The summed E-state index contributed by atoms with van der Waals surface area (Å²) in [6.07, 6.45) is 7.76. The predicted molar refractivity (Wildman–Crippen MR) is 87.9 cm³/mol. The van der Waals surface area contributed by atoms with E-state index in [0.717, 1.165) is 23.5 Å². The van der Waals surface area contributed by atoms with Crippen molar-refractivity contribution < 1.29 is 4.42 Å². The molecule has 0 bridgehead atoms. The van der Waals surface area contributed by atoms with Crippen LogP contribution in [-0.2, 0) is 6.42 Å². The van der Waals surface area contributed by atoms with Gasteiger partial charge in [0.25, 0.3) is 0 Å². The monoisotopic (exact) mass is 294 g/mol. The van der Waals surface area contributed by atoms with E-state index >= 15 is 0 Å². The zero-order chi connectivity index (χ0) is 14.9. The third-order valence-electron chi connectivity index (χ3n) is 4.98. The molecule has 1 aromatic carbocycles. The highest BCUT2D eigenvalue weighted by Gasteiger charge is 2.26. The average Bonchev–Trinajstić information content (AvgIpc) is 3.16. The number of benzene rings is 1. The first-order valence-electron chi connectivity index (χ1n) is 8.31. The standard InChI is InChI=1S/C19H22N2O/c1-14-7-2-4-10-17(14)21-18-11-5-3-9-16(18)20-19(21)13-15-8-6-12-22-15/h3,5-6,8-9,11-12,14,17H,2,4,7,10,13H2,1H3. The van der Waals surface area contributed by atoms with Crippen molar-refractivity contribution in [3.8, 4) is 0 Å². The van der Waals surface area contributed by atoms with E-state index in [0.29, 0.717) is 12.0 Å². The summed E-state index contributed by atoms with van der Waals surface area (Å²) in [6, 6.07) is 13.1. The van der Waals surface area contributed by atoms with Crippen LogP contribution < -0.4 is 0 Å². The second-order valence-electron chi connectivity index (χ2n) is 6.47. The van der Waals surface area contributed by atoms with E-state index in [1.807, 2.05) is 12.1 Å². The van der Waals surface area contributed by atoms with Crippen LogP contribution in [0.25, 0.3) is 11.0 Å². The van der Waals surface area contributed by atoms with Gasteiger partial charge in [0.1, 0.15) is 11.6 Å². The molecule has 0 spiro atoms. The Labute approximate surface area is 131 Å². The zero-order valence-electron chi connectivity index (χ0n) is 13.0. The molecule has 3 nitrogen and oxygen atoms in total. The maximum Gasteiger partial charge on any atom is 0.117 e. The zero-order valence-corrected chi connectivity index (χ0v) is 13.0. The normalized spacial score (nSPS) is 22.2. The molecule has 3 heteroatoms. The van der Waals surface area contributed by atoms with Crippen molar-refractivity contribution in [1.82, 2.24) is 9.55 Å². The molecule has 2 heterocycles. The fourth-order valence-corrected chi connectivity index (χ4v) is 3.84. The molecule has 2 aromatic heterocycles. The van der Waals surface area contributed by atoms with Gasteiger partial charge in [0, 0.05) is 6.04 Å². The van der Waals surface area contributed by atoms with E-state index in [4.69, 9.17) is 9.40 Å². The average molecular weight is 294 g/mol. The number of fused-ring (bicyclic) bond motifs is 1. The summed E-state index contributed by atoms with van der Waals surface area (Å²) in [5.41, 5.74) is 2.37. The van der Waals surface area contributed by atoms with Crippen molar-refractivity contribution in [2.75, 3.05) is 0 Å². The molecule has 2 unspecified atom stereocenters. The minimum absolute atomic E-state index is 0.561. The molecule has 1 saturated carbocycles. The van der Waals surface area contributed by atoms with Crippen molar-refractivity contribution in [2.45, 2.75) is 45.1 Å². The third kappa shape index (κ3) is 2.35. The Morgan fingerprint density at radius 3 is 2.82 bits per heavy atom. The molecule has 0 radical (unpaired) electrons. The van der Waals surface area contributed by atoms with E-state index in [-0.39, 0.29) is 0 Å². The van der Waals surface area contributed by atoms with Gasteiger partial charge in [-0.15, -0.1) is 0 Å². The summed E-state index contributed by atoms with van der Waals surface area (Å²) >= 11 is 0. The molecule has 3 aromatic rings. The van der Waals surface area contributed by atoms with Crippen molar-refractivity contribution in [2.24, 2.45) is 5.92 Å². The second-order valence-corrected chi connectivity index (χ2v) is 6.47. The van der Waals surface area contributed by atoms with Crippen LogP contribution in [0.1, 0.15) is 50.2 Å². The van der Waals surface area contributed by atoms with Gasteiger partial charge in [-0.05, 0) is 43.0 Å². The lowest BCUT2D eigenvalue weighted by molar-refractivity contribution is 0.257. The first-order chi connectivity index (χ1) is 10.8. The van der Waals surface area contributed by atoms with E-state index < -0.39 is 0 Å². The Morgan fingerprint density at radius 2 is 2.00 bits per heavy atom. The molecule has 1 aliphatic carbocycles. The van der Waals surface area contributed by atoms with Gasteiger partial charge in [-0.2, -0.15) is 0 Å². The summed E-state index contributed by atoms with van der Waals surface area (Å²) in [4.78, 5) is 4.90. The van der Waals surface area contributed by atoms with Gasteiger partial charge < -0.3 is 8.98 Å². The molecule has 114 valence electrons. The number of nitrogens with zero attached hydrogens (tertiary/aromatic N) is 2. The first kappa shape index (κ1) is 13.6. The molecule has 1 fully saturated rings. The Hall–Kier alpha value is -2.03. The van der Waals surface area contributed by atoms with E-state index in [1.165, 1.54) is 31.2 Å². The highest BCUT2D eigenvalue weighted by molar-refractivity contribution is 5.76. The van der Waals surface area contributed by atoms with E-state index in [2.05, 4.69) is 35.8 Å². The van der Waals surface area contributed by atoms with E-state index in [1.54, 1.807) is 6.26 Å². The Balaban J connectivity index is 1.82. The summed E-state index contributed by atoms with van der Waals surface area (Å²) in [6.45, 7) is 2.38. The van der Waals surface area contributed by atoms with Crippen LogP contribution in [0.4, 0.5) is 0 Å². The van der Waals surface area contributed by atoms with Crippen molar-refractivity contribution in [1.29, 1.82) is 0 Å². The first-order valence-corrected chi connectivity index (χ1v) is 8.31. The summed E-state index contributed by atoms with van der Waals surface area (Å²) in [5.74, 6) is 2.83. The number of imidazole rings is 1.